The number of anilines is 1. The molecular weight excluding hydrogens is 347 g/mol. The molecule has 0 bridgehead atoms. The molecular formula is C21H23FN2O3. The van der Waals surface area contributed by atoms with E-state index in [0.717, 1.165) is 17.7 Å². The smallest absolute Gasteiger partial charge is 0.227 e. The molecule has 3 rings (SSSR count). The van der Waals surface area contributed by atoms with E-state index in [-0.39, 0.29) is 36.6 Å². The van der Waals surface area contributed by atoms with Crippen LogP contribution < -0.4 is 15.0 Å². The minimum absolute atomic E-state index is 0.0351. The number of carbonyl (C=O) groups excluding carboxylic acids is 2. The predicted octanol–water partition coefficient (Wildman–Crippen LogP) is 2.94. The summed E-state index contributed by atoms with van der Waals surface area (Å²) in [6.07, 6.45) is 1.03. The van der Waals surface area contributed by atoms with Crippen molar-refractivity contribution < 1.29 is 18.7 Å². The monoisotopic (exact) mass is 370 g/mol. The fourth-order valence-corrected chi connectivity index (χ4v) is 3.23. The van der Waals surface area contributed by atoms with Crippen LogP contribution in [0.1, 0.15) is 18.9 Å². The van der Waals surface area contributed by atoms with Crippen LogP contribution in [0.4, 0.5) is 10.1 Å². The van der Waals surface area contributed by atoms with Crippen LogP contribution in [0.25, 0.3) is 0 Å². The third-order valence-corrected chi connectivity index (χ3v) is 4.63. The van der Waals surface area contributed by atoms with Crippen LogP contribution in [0.2, 0.25) is 0 Å². The van der Waals surface area contributed by atoms with Gasteiger partial charge in [-0.3, -0.25) is 9.59 Å². The molecule has 0 aliphatic carbocycles. The summed E-state index contributed by atoms with van der Waals surface area (Å²) in [5, 5.41) is 2.79. The van der Waals surface area contributed by atoms with E-state index in [4.69, 9.17) is 4.74 Å². The van der Waals surface area contributed by atoms with Gasteiger partial charge in [0.15, 0.2) is 0 Å². The fraction of sp³-hybridized carbons (Fsp3) is 0.333. The normalized spacial score (nSPS) is 16.4. The predicted molar refractivity (Wildman–Crippen MR) is 101 cm³/mol. The van der Waals surface area contributed by atoms with Crippen LogP contribution in [0.3, 0.4) is 0 Å². The van der Waals surface area contributed by atoms with Gasteiger partial charge >= 0.3 is 0 Å². The number of carbonyl (C=O) groups is 2. The highest BCUT2D eigenvalue weighted by Crippen LogP contribution is 2.28. The molecule has 2 aromatic carbocycles. The summed E-state index contributed by atoms with van der Waals surface area (Å²) >= 11 is 0. The van der Waals surface area contributed by atoms with Gasteiger partial charge in [0.2, 0.25) is 11.8 Å². The van der Waals surface area contributed by atoms with E-state index >= 15 is 0 Å². The fourth-order valence-electron chi connectivity index (χ4n) is 3.23. The van der Waals surface area contributed by atoms with E-state index in [9.17, 15) is 14.0 Å². The third kappa shape index (κ3) is 4.64. The highest BCUT2D eigenvalue weighted by atomic mass is 19.1. The van der Waals surface area contributed by atoms with E-state index < -0.39 is 0 Å². The average molecular weight is 370 g/mol. The number of hydrogen-bond donors (Lipinski definition) is 1. The number of benzene rings is 2. The molecule has 0 radical (unpaired) electrons. The number of ether oxygens (including phenoxy) is 1. The maximum atomic E-state index is 13.1. The Morgan fingerprint density at radius 2 is 2.07 bits per heavy atom. The zero-order chi connectivity index (χ0) is 19.2. The quantitative estimate of drug-likeness (QED) is 0.763. The first-order valence-corrected chi connectivity index (χ1v) is 9.13. The van der Waals surface area contributed by atoms with E-state index in [2.05, 4.69) is 5.32 Å². The standard InChI is InChI=1S/C21H23FN2O3/c1-2-15-6-3-4-9-19(15)24-14-16(12-20(24)25)21(26)23-10-11-27-18-8-5-7-17(22)13-18/h3-9,13,16H,2,10-12,14H2,1H3,(H,23,26). The number of para-hydroxylation sites is 1. The molecule has 1 aliphatic rings. The summed E-state index contributed by atoms with van der Waals surface area (Å²) in [6, 6.07) is 13.6. The Labute approximate surface area is 158 Å². The van der Waals surface area contributed by atoms with Crippen LogP contribution in [0.5, 0.6) is 5.75 Å². The average Bonchev–Trinajstić information content (AvgIpc) is 3.06. The third-order valence-electron chi connectivity index (χ3n) is 4.63. The molecule has 27 heavy (non-hydrogen) atoms. The second-order valence-corrected chi connectivity index (χ2v) is 6.48. The maximum absolute atomic E-state index is 13.1. The Bertz CT molecular complexity index is 825. The van der Waals surface area contributed by atoms with Gasteiger partial charge in [-0.15, -0.1) is 0 Å². The van der Waals surface area contributed by atoms with Crippen LogP contribution in [0.15, 0.2) is 48.5 Å². The largest absolute Gasteiger partial charge is 0.492 e. The van der Waals surface area contributed by atoms with Gasteiger partial charge in [-0.05, 0) is 30.2 Å². The second-order valence-electron chi connectivity index (χ2n) is 6.48. The van der Waals surface area contributed by atoms with Gasteiger partial charge in [-0.1, -0.05) is 31.2 Å². The number of aryl methyl sites for hydroxylation is 1. The van der Waals surface area contributed by atoms with Crippen molar-refractivity contribution in [3.05, 3.63) is 59.9 Å². The van der Waals surface area contributed by atoms with Crippen LogP contribution in [-0.2, 0) is 16.0 Å². The molecule has 1 unspecified atom stereocenters. The number of amides is 2. The van der Waals surface area contributed by atoms with Crippen molar-refractivity contribution in [2.24, 2.45) is 5.92 Å². The van der Waals surface area contributed by atoms with E-state index in [1.165, 1.54) is 12.1 Å². The summed E-state index contributed by atoms with van der Waals surface area (Å²) in [5.41, 5.74) is 1.98. The molecule has 2 amide bonds. The number of halogens is 1. The van der Waals surface area contributed by atoms with Crippen molar-refractivity contribution in [3.8, 4) is 5.75 Å². The molecule has 2 aromatic rings. The van der Waals surface area contributed by atoms with Crippen molar-refractivity contribution in [3.63, 3.8) is 0 Å². The van der Waals surface area contributed by atoms with Crippen LogP contribution in [-0.4, -0.2) is 31.5 Å². The van der Waals surface area contributed by atoms with Crippen LogP contribution >= 0.6 is 0 Å². The van der Waals surface area contributed by atoms with Gasteiger partial charge in [0.05, 0.1) is 12.5 Å². The van der Waals surface area contributed by atoms with Gasteiger partial charge in [-0.25, -0.2) is 4.39 Å². The highest BCUT2D eigenvalue weighted by molar-refractivity contribution is 6.00. The molecule has 1 saturated heterocycles. The molecule has 142 valence electrons. The number of rotatable bonds is 7. The van der Waals surface area contributed by atoms with Gasteiger partial charge in [0, 0.05) is 24.7 Å². The molecule has 1 heterocycles. The van der Waals surface area contributed by atoms with Crippen LogP contribution in [0, 0.1) is 11.7 Å². The Hall–Kier alpha value is -2.89. The molecule has 6 heteroatoms. The topological polar surface area (TPSA) is 58.6 Å². The zero-order valence-electron chi connectivity index (χ0n) is 15.3. The summed E-state index contributed by atoms with van der Waals surface area (Å²) in [6.45, 7) is 2.96. The van der Waals surface area contributed by atoms with Crippen molar-refractivity contribution in [2.45, 2.75) is 19.8 Å². The second kappa shape index (κ2) is 8.66. The van der Waals surface area contributed by atoms with E-state index in [0.29, 0.717) is 18.8 Å². The minimum Gasteiger partial charge on any atom is -0.492 e. The van der Waals surface area contributed by atoms with Crippen molar-refractivity contribution in [1.82, 2.24) is 5.32 Å². The van der Waals surface area contributed by atoms with Gasteiger partial charge in [0.1, 0.15) is 18.2 Å². The molecule has 1 aliphatic heterocycles. The first-order chi connectivity index (χ1) is 13.1. The molecule has 0 spiro atoms. The number of nitrogens with zero attached hydrogens (tertiary/aromatic N) is 1. The Morgan fingerprint density at radius 1 is 1.26 bits per heavy atom. The summed E-state index contributed by atoms with van der Waals surface area (Å²) < 4.78 is 18.5. The van der Waals surface area contributed by atoms with Crippen molar-refractivity contribution >= 4 is 17.5 Å². The Balaban J connectivity index is 1.50. The maximum Gasteiger partial charge on any atom is 0.227 e. The molecule has 1 atom stereocenters. The highest BCUT2D eigenvalue weighted by Gasteiger charge is 2.35. The van der Waals surface area contributed by atoms with E-state index in [1.54, 1.807) is 17.0 Å². The molecule has 0 saturated carbocycles. The lowest BCUT2D eigenvalue weighted by Crippen LogP contribution is -2.35. The molecule has 1 fully saturated rings. The molecule has 1 N–H and O–H groups in total. The van der Waals surface area contributed by atoms with Gasteiger partial charge < -0.3 is 15.0 Å². The lowest BCUT2D eigenvalue weighted by Gasteiger charge is -2.20. The first kappa shape index (κ1) is 18.9. The Morgan fingerprint density at radius 3 is 2.85 bits per heavy atom. The zero-order valence-corrected chi connectivity index (χ0v) is 15.3. The summed E-state index contributed by atoms with van der Waals surface area (Å²) in [4.78, 5) is 26.5. The summed E-state index contributed by atoms with van der Waals surface area (Å²) in [7, 11) is 0. The molecule has 5 nitrogen and oxygen atoms in total. The first-order valence-electron chi connectivity index (χ1n) is 9.13. The summed E-state index contributed by atoms with van der Waals surface area (Å²) in [5.74, 6) is -0.526. The number of nitrogens with one attached hydrogen (secondary N) is 1. The van der Waals surface area contributed by atoms with E-state index in [1.807, 2.05) is 31.2 Å². The Kier molecular flexibility index (Phi) is 6.06. The lowest BCUT2D eigenvalue weighted by atomic mass is 10.1. The molecule has 0 aromatic heterocycles. The number of hydrogen-bond acceptors (Lipinski definition) is 3. The van der Waals surface area contributed by atoms with Gasteiger partial charge in [0.25, 0.3) is 0 Å². The van der Waals surface area contributed by atoms with Crippen molar-refractivity contribution in [1.29, 1.82) is 0 Å². The lowest BCUT2D eigenvalue weighted by molar-refractivity contribution is -0.126. The van der Waals surface area contributed by atoms with Crippen molar-refractivity contribution in [2.75, 3.05) is 24.6 Å². The van der Waals surface area contributed by atoms with Gasteiger partial charge in [-0.2, -0.15) is 0 Å². The minimum atomic E-state index is -0.378. The SMILES string of the molecule is CCc1ccccc1N1CC(C(=O)NCCOc2cccc(F)c2)CC1=O.